The number of unbranched alkanes of at least 4 members (excludes halogenated alkanes) is 1. The second-order valence-corrected chi connectivity index (χ2v) is 11.3. The lowest BCUT2D eigenvalue weighted by molar-refractivity contribution is 0.273. The average Bonchev–Trinajstić information content (AvgIpc) is 3.01. The van der Waals surface area contributed by atoms with E-state index < -0.39 is 20.1 Å². The van der Waals surface area contributed by atoms with Crippen LogP contribution in [-0.2, 0) is 26.6 Å². The standard InChI is InChI=1S/C24H29NO7S2/c1-17(16-26)18-6-12-22-19(15-24(34(29,30)31)23(22)13-7-18)5-3-4-14-25-33(27,28)21-10-8-20(32-2)9-11-21/h6-13,15,17,25-26H,3-5,14,16H2,1-2H3,(H,29,30,31). The molecule has 2 aliphatic carbocycles. The molecule has 184 valence electrons. The first kappa shape index (κ1) is 26.1. The first-order valence-electron chi connectivity index (χ1n) is 10.8. The summed E-state index contributed by atoms with van der Waals surface area (Å²) in [4.78, 5) is -0.00922. The molecule has 3 N–H and O–H groups in total. The molecule has 0 spiro atoms. The van der Waals surface area contributed by atoms with Gasteiger partial charge in [-0.25, -0.2) is 13.1 Å². The second-order valence-electron chi connectivity index (χ2n) is 8.12. The van der Waals surface area contributed by atoms with Gasteiger partial charge in [0.25, 0.3) is 10.1 Å². The highest BCUT2D eigenvalue weighted by Crippen LogP contribution is 2.36. The van der Waals surface area contributed by atoms with Crippen LogP contribution >= 0.6 is 0 Å². The maximum atomic E-state index is 12.4. The van der Waals surface area contributed by atoms with Gasteiger partial charge >= 0.3 is 0 Å². The summed E-state index contributed by atoms with van der Waals surface area (Å²) in [7, 11) is -6.56. The predicted molar refractivity (Wildman–Crippen MR) is 129 cm³/mol. The van der Waals surface area contributed by atoms with Crippen molar-refractivity contribution in [3.63, 3.8) is 0 Å². The molecule has 3 rings (SSSR count). The number of sulfonamides is 1. The molecule has 0 saturated heterocycles. The van der Waals surface area contributed by atoms with Gasteiger partial charge in [0.2, 0.25) is 10.0 Å². The van der Waals surface area contributed by atoms with Crippen molar-refractivity contribution in [2.75, 3.05) is 20.3 Å². The molecular formula is C24H29NO7S2. The molecular weight excluding hydrogens is 478 g/mol. The molecule has 0 radical (unpaired) electrons. The first-order chi connectivity index (χ1) is 16.1. The monoisotopic (exact) mass is 507 g/mol. The summed E-state index contributed by atoms with van der Waals surface area (Å²) >= 11 is 0. The van der Waals surface area contributed by atoms with Crippen molar-refractivity contribution >= 4 is 20.1 Å². The van der Waals surface area contributed by atoms with Gasteiger partial charge in [0.15, 0.2) is 0 Å². The lowest BCUT2D eigenvalue weighted by Gasteiger charge is -2.08. The molecule has 0 heterocycles. The molecule has 0 bridgehead atoms. The predicted octanol–water partition coefficient (Wildman–Crippen LogP) is 3.44. The van der Waals surface area contributed by atoms with E-state index in [4.69, 9.17) is 4.74 Å². The minimum absolute atomic E-state index is 0.0430. The third kappa shape index (κ3) is 6.13. The Hall–Kier alpha value is -2.50. The lowest BCUT2D eigenvalue weighted by Crippen LogP contribution is -2.24. The molecule has 1 unspecified atom stereocenters. The van der Waals surface area contributed by atoms with Crippen molar-refractivity contribution in [2.24, 2.45) is 0 Å². The Morgan fingerprint density at radius 1 is 0.941 bits per heavy atom. The molecule has 0 saturated carbocycles. The summed E-state index contributed by atoms with van der Waals surface area (Å²) in [6.45, 7) is 2.04. The number of ether oxygens (including phenoxy) is 1. The Balaban J connectivity index is 1.70. The van der Waals surface area contributed by atoms with Gasteiger partial charge in [-0.05, 0) is 66.3 Å². The summed E-state index contributed by atoms with van der Waals surface area (Å²) in [5.74, 6) is 0.448. The number of aryl methyl sites for hydroxylation is 1. The zero-order valence-electron chi connectivity index (χ0n) is 19.1. The van der Waals surface area contributed by atoms with Crippen molar-refractivity contribution in [3.8, 4) is 16.9 Å². The first-order valence-corrected chi connectivity index (χ1v) is 13.8. The van der Waals surface area contributed by atoms with E-state index in [1.807, 2.05) is 13.0 Å². The zero-order chi connectivity index (χ0) is 24.9. The van der Waals surface area contributed by atoms with E-state index >= 15 is 0 Å². The van der Waals surface area contributed by atoms with E-state index in [0.717, 1.165) is 11.1 Å². The van der Waals surface area contributed by atoms with Gasteiger partial charge in [-0.15, -0.1) is 0 Å². The highest BCUT2D eigenvalue weighted by molar-refractivity contribution is 7.89. The van der Waals surface area contributed by atoms with Crippen molar-refractivity contribution in [3.05, 3.63) is 65.7 Å². The number of benzene rings is 1. The number of hydrogen-bond acceptors (Lipinski definition) is 6. The molecule has 1 atom stereocenters. The summed E-state index contributed by atoms with van der Waals surface area (Å²) in [6.07, 6.45) is 1.65. The van der Waals surface area contributed by atoms with Crippen LogP contribution in [-0.4, -0.2) is 46.8 Å². The third-order valence-corrected chi connectivity index (χ3v) is 8.12. The van der Waals surface area contributed by atoms with E-state index in [1.54, 1.807) is 30.3 Å². The van der Waals surface area contributed by atoms with Crippen molar-refractivity contribution < 1.29 is 31.2 Å². The molecule has 1 aromatic carbocycles. The highest BCUT2D eigenvalue weighted by atomic mass is 32.2. The van der Waals surface area contributed by atoms with Gasteiger partial charge in [0.1, 0.15) is 10.6 Å². The van der Waals surface area contributed by atoms with E-state index in [1.165, 1.54) is 25.3 Å². The summed E-state index contributed by atoms with van der Waals surface area (Å²) in [6, 6.07) is 14.6. The number of rotatable bonds is 11. The topological polar surface area (TPSA) is 130 Å². The molecule has 1 aromatic rings. The Kier molecular flexibility index (Phi) is 8.32. The van der Waals surface area contributed by atoms with E-state index in [-0.39, 0.29) is 28.9 Å². The van der Waals surface area contributed by atoms with Crippen LogP contribution in [0, 0.1) is 0 Å². The molecule has 8 nitrogen and oxygen atoms in total. The zero-order valence-corrected chi connectivity index (χ0v) is 20.7. The minimum Gasteiger partial charge on any atom is -0.497 e. The van der Waals surface area contributed by atoms with Crippen LogP contribution in [0.15, 0.2) is 64.4 Å². The molecule has 2 aliphatic rings. The average molecular weight is 508 g/mol. The Labute approximate surface area is 200 Å². The summed E-state index contributed by atoms with van der Waals surface area (Å²) in [5, 5.41) is 9.43. The summed E-state index contributed by atoms with van der Waals surface area (Å²) in [5.41, 5.74) is 2.70. The Bertz CT molecular complexity index is 1300. The molecule has 0 fully saturated rings. The highest BCUT2D eigenvalue weighted by Gasteiger charge is 2.23. The Morgan fingerprint density at radius 3 is 2.18 bits per heavy atom. The molecule has 34 heavy (non-hydrogen) atoms. The molecule has 0 amide bonds. The largest absolute Gasteiger partial charge is 0.497 e. The smallest absolute Gasteiger partial charge is 0.295 e. The molecule has 0 aromatic heterocycles. The van der Waals surface area contributed by atoms with Gasteiger partial charge < -0.3 is 9.84 Å². The fourth-order valence-electron chi connectivity index (χ4n) is 3.74. The van der Waals surface area contributed by atoms with Crippen molar-refractivity contribution in [1.29, 1.82) is 0 Å². The summed E-state index contributed by atoms with van der Waals surface area (Å²) < 4.78 is 66.0. The van der Waals surface area contributed by atoms with E-state index in [0.29, 0.717) is 36.1 Å². The van der Waals surface area contributed by atoms with Crippen LogP contribution in [0.3, 0.4) is 0 Å². The van der Waals surface area contributed by atoms with Crippen LogP contribution in [0.4, 0.5) is 0 Å². The van der Waals surface area contributed by atoms with Crippen molar-refractivity contribution in [1.82, 2.24) is 4.72 Å². The van der Waals surface area contributed by atoms with Gasteiger partial charge in [0, 0.05) is 24.6 Å². The van der Waals surface area contributed by atoms with E-state index in [2.05, 4.69) is 4.72 Å². The molecule has 0 aliphatic heterocycles. The van der Waals surface area contributed by atoms with E-state index in [9.17, 15) is 26.5 Å². The van der Waals surface area contributed by atoms with Gasteiger partial charge in [-0.1, -0.05) is 31.2 Å². The fourth-order valence-corrected chi connectivity index (χ4v) is 5.56. The van der Waals surface area contributed by atoms with Crippen LogP contribution in [0.5, 0.6) is 5.75 Å². The number of fused-ring (bicyclic) bond motifs is 1. The maximum Gasteiger partial charge on any atom is 0.295 e. The van der Waals surface area contributed by atoms with Crippen LogP contribution in [0.25, 0.3) is 11.1 Å². The van der Waals surface area contributed by atoms with Crippen molar-refractivity contribution in [2.45, 2.75) is 41.9 Å². The number of aliphatic hydroxyl groups excluding tert-OH is 1. The van der Waals surface area contributed by atoms with Gasteiger partial charge in [-0.2, -0.15) is 8.42 Å². The number of aliphatic hydroxyl groups is 1. The van der Waals surface area contributed by atoms with Crippen LogP contribution in [0.2, 0.25) is 0 Å². The Morgan fingerprint density at radius 2 is 1.59 bits per heavy atom. The number of methoxy groups -OCH3 is 1. The fraction of sp³-hybridized carbons (Fsp3) is 0.333. The number of nitrogens with one attached hydrogen (secondary N) is 1. The quantitative estimate of drug-likeness (QED) is 0.268. The van der Waals surface area contributed by atoms with Crippen LogP contribution < -0.4 is 9.46 Å². The lowest BCUT2D eigenvalue weighted by atomic mass is 10.0. The maximum absolute atomic E-state index is 12.4. The van der Waals surface area contributed by atoms with Gasteiger partial charge in [0.05, 0.1) is 12.0 Å². The second kappa shape index (κ2) is 10.8. The van der Waals surface area contributed by atoms with Crippen LogP contribution in [0.1, 0.15) is 36.8 Å². The minimum atomic E-state index is -4.42. The molecule has 10 heteroatoms. The SMILES string of the molecule is COc1ccc(S(=O)(=O)NCCCCc2cc(S(=O)(=O)O)c3ccc(C(C)CO)ccc2-3)cc1. The number of hydrogen-bond donors (Lipinski definition) is 3. The normalized spacial score (nSPS) is 13.2. The third-order valence-electron chi connectivity index (χ3n) is 5.75. The van der Waals surface area contributed by atoms with Gasteiger partial charge in [-0.3, -0.25) is 4.55 Å².